The molecular formula is C25H31BrN4O4. The van der Waals surface area contributed by atoms with Crippen molar-refractivity contribution in [1.82, 2.24) is 10.6 Å². The van der Waals surface area contributed by atoms with Gasteiger partial charge in [-0.1, -0.05) is 58.5 Å². The van der Waals surface area contributed by atoms with Crippen LogP contribution in [0.15, 0.2) is 52.1 Å². The zero-order valence-corrected chi connectivity index (χ0v) is 20.6. The van der Waals surface area contributed by atoms with Crippen molar-refractivity contribution in [3.63, 3.8) is 0 Å². The van der Waals surface area contributed by atoms with Crippen molar-refractivity contribution >= 4 is 39.2 Å². The molecule has 0 unspecified atom stereocenters. The van der Waals surface area contributed by atoms with E-state index in [1.165, 1.54) is 19.3 Å². The van der Waals surface area contributed by atoms with Crippen molar-refractivity contribution in [2.75, 3.05) is 25.4 Å². The number of amides is 1. The monoisotopic (exact) mass is 530 g/mol. The molecule has 0 aliphatic heterocycles. The van der Waals surface area contributed by atoms with Gasteiger partial charge in [0.15, 0.2) is 6.61 Å². The number of nitrogens with two attached hydrogens (primary N) is 1. The van der Waals surface area contributed by atoms with Crippen molar-refractivity contribution in [3.05, 3.63) is 63.6 Å². The van der Waals surface area contributed by atoms with Gasteiger partial charge in [-0.15, -0.1) is 0 Å². The summed E-state index contributed by atoms with van der Waals surface area (Å²) in [6.45, 7) is 0.624. The Balaban J connectivity index is 1.72. The Hall–Kier alpha value is -2.91. The van der Waals surface area contributed by atoms with Crippen LogP contribution in [0.2, 0.25) is 0 Å². The van der Waals surface area contributed by atoms with Crippen LogP contribution in [0.1, 0.15) is 48.8 Å². The minimum Gasteiger partial charge on any atom is -0.480 e. The maximum Gasteiger partial charge on any atom is 0.317 e. The predicted octanol–water partition coefficient (Wildman–Crippen LogP) is 3.67. The molecule has 0 atom stereocenters. The molecule has 2 aromatic carbocycles. The summed E-state index contributed by atoms with van der Waals surface area (Å²) in [4.78, 5) is 28.6. The van der Waals surface area contributed by atoms with Gasteiger partial charge in [0.05, 0.1) is 6.54 Å². The zero-order valence-electron chi connectivity index (χ0n) is 19.1. The summed E-state index contributed by atoms with van der Waals surface area (Å²) < 4.78 is 0.877. The van der Waals surface area contributed by atoms with E-state index in [9.17, 15) is 9.59 Å². The Morgan fingerprint density at radius 3 is 2.62 bits per heavy atom. The summed E-state index contributed by atoms with van der Waals surface area (Å²) in [5, 5.41) is 19.0. The lowest BCUT2D eigenvalue weighted by molar-refractivity contribution is -0.136. The molecule has 1 amide bonds. The standard InChI is InChI=1S/C25H31BrN4O4/c26-21-8-4-7-18(12-21)25(19-9-10-22(27)20(11-19)14-28-15-24(32)33)30-34-16-23(31)29-13-17-5-2-1-3-6-17/h4,7-12,17,28H,1-3,5-6,13-16,27H2,(H,29,31)(H,32,33)/b30-25-. The molecule has 0 heterocycles. The first-order valence-electron chi connectivity index (χ1n) is 11.5. The molecule has 8 nitrogen and oxygen atoms in total. The molecule has 0 spiro atoms. The Kier molecular flexibility index (Phi) is 9.90. The number of rotatable bonds is 11. The molecule has 9 heteroatoms. The number of carboxylic acids is 1. The molecule has 1 saturated carbocycles. The first-order chi connectivity index (χ1) is 16.4. The molecule has 0 radical (unpaired) electrons. The van der Waals surface area contributed by atoms with E-state index in [1.54, 1.807) is 6.07 Å². The smallest absolute Gasteiger partial charge is 0.317 e. The number of benzene rings is 2. The van der Waals surface area contributed by atoms with Gasteiger partial charge >= 0.3 is 5.97 Å². The SMILES string of the molecule is Nc1ccc(/C(=N\OCC(=O)NCC2CCCCC2)c2cccc(Br)c2)cc1CNCC(=O)O. The van der Waals surface area contributed by atoms with Crippen LogP contribution in [0.25, 0.3) is 0 Å². The minimum atomic E-state index is -0.943. The van der Waals surface area contributed by atoms with E-state index in [1.807, 2.05) is 36.4 Å². The number of oxime groups is 1. The third kappa shape index (κ3) is 8.14. The van der Waals surface area contributed by atoms with Crippen molar-refractivity contribution in [2.24, 2.45) is 11.1 Å². The second-order valence-electron chi connectivity index (χ2n) is 8.44. The van der Waals surface area contributed by atoms with Crippen LogP contribution in [0.3, 0.4) is 0 Å². The van der Waals surface area contributed by atoms with E-state index < -0.39 is 5.97 Å². The molecule has 5 N–H and O–H groups in total. The number of nitrogens with one attached hydrogen (secondary N) is 2. The van der Waals surface area contributed by atoms with Crippen LogP contribution in [-0.4, -0.2) is 42.4 Å². The number of nitrogen functional groups attached to an aromatic ring is 1. The first kappa shape index (κ1) is 25.7. The van der Waals surface area contributed by atoms with Gasteiger partial charge in [-0.05, 0) is 48.6 Å². The number of nitrogens with zero attached hydrogens (tertiary/aromatic N) is 1. The average molecular weight is 531 g/mol. The lowest BCUT2D eigenvalue weighted by Gasteiger charge is -2.21. The van der Waals surface area contributed by atoms with Gasteiger partial charge in [0.1, 0.15) is 5.71 Å². The maximum absolute atomic E-state index is 12.3. The molecule has 2 aromatic rings. The third-order valence-corrected chi connectivity index (χ3v) is 6.26. The van der Waals surface area contributed by atoms with Gasteiger partial charge in [-0.3, -0.25) is 9.59 Å². The molecule has 34 heavy (non-hydrogen) atoms. The van der Waals surface area contributed by atoms with Crippen molar-refractivity contribution in [3.8, 4) is 0 Å². The highest BCUT2D eigenvalue weighted by Gasteiger charge is 2.15. The molecule has 0 bridgehead atoms. The molecule has 0 saturated heterocycles. The second-order valence-corrected chi connectivity index (χ2v) is 9.36. The number of carbonyl (C=O) groups is 2. The zero-order chi connectivity index (χ0) is 24.3. The van der Waals surface area contributed by atoms with E-state index in [2.05, 4.69) is 31.7 Å². The quantitative estimate of drug-likeness (QED) is 0.199. The summed E-state index contributed by atoms with van der Waals surface area (Å²) in [7, 11) is 0. The summed E-state index contributed by atoms with van der Waals surface area (Å²) >= 11 is 3.48. The Morgan fingerprint density at radius 2 is 1.88 bits per heavy atom. The molecule has 182 valence electrons. The first-order valence-corrected chi connectivity index (χ1v) is 12.3. The number of hydrogen-bond acceptors (Lipinski definition) is 6. The average Bonchev–Trinajstić information content (AvgIpc) is 2.82. The Labute approximate surface area is 208 Å². The van der Waals surface area contributed by atoms with Gasteiger partial charge in [0.25, 0.3) is 5.91 Å². The number of hydrogen-bond donors (Lipinski definition) is 4. The normalized spacial score (nSPS) is 14.6. The van der Waals surface area contributed by atoms with Gasteiger partial charge in [-0.2, -0.15) is 0 Å². The maximum atomic E-state index is 12.3. The summed E-state index contributed by atoms with van der Waals surface area (Å²) in [5.41, 5.74) is 9.45. The molecule has 1 aliphatic carbocycles. The topological polar surface area (TPSA) is 126 Å². The van der Waals surface area contributed by atoms with E-state index in [0.717, 1.165) is 34.0 Å². The van der Waals surface area contributed by atoms with E-state index >= 15 is 0 Å². The number of carboxylic acid groups (broad SMARTS) is 1. The van der Waals surface area contributed by atoms with E-state index in [-0.39, 0.29) is 19.1 Å². The van der Waals surface area contributed by atoms with Gasteiger partial charge < -0.3 is 26.3 Å². The molecular weight excluding hydrogens is 500 g/mol. The van der Waals surface area contributed by atoms with Crippen LogP contribution < -0.4 is 16.4 Å². The van der Waals surface area contributed by atoms with Crippen molar-refractivity contribution in [2.45, 2.75) is 38.6 Å². The number of carbonyl (C=O) groups excluding carboxylic acids is 1. The van der Waals surface area contributed by atoms with Crippen LogP contribution in [0.4, 0.5) is 5.69 Å². The third-order valence-electron chi connectivity index (χ3n) is 5.77. The van der Waals surface area contributed by atoms with Crippen LogP contribution in [0, 0.1) is 5.92 Å². The van der Waals surface area contributed by atoms with Crippen LogP contribution in [0.5, 0.6) is 0 Å². The Morgan fingerprint density at radius 1 is 1.12 bits per heavy atom. The summed E-state index contributed by atoms with van der Waals surface area (Å²) in [6, 6.07) is 13.0. The lowest BCUT2D eigenvalue weighted by Crippen LogP contribution is -2.32. The lowest BCUT2D eigenvalue weighted by atomic mass is 9.89. The van der Waals surface area contributed by atoms with Gasteiger partial charge in [-0.25, -0.2) is 0 Å². The second kappa shape index (κ2) is 13.1. The molecule has 1 fully saturated rings. The van der Waals surface area contributed by atoms with E-state index in [0.29, 0.717) is 30.4 Å². The molecule has 0 aromatic heterocycles. The minimum absolute atomic E-state index is 0.171. The van der Waals surface area contributed by atoms with E-state index in [4.69, 9.17) is 15.7 Å². The summed E-state index contributed by atoms with van der Waals surface area (Å²) in [6.07, 6.45) is 6.06. The fourth-order valence-electron chi connectivity index (χ4n) is 3.97. The van der Waals surface area contributed by atoms with Crippen LogP contribution >= 0.6 is 15.9 Å². The highest BCUT2D eigenvalue weighted by atomic mass is 79.9. The van der Waals surface area contributed by atoms with Gasteiger partial charge in [0, 0.05) is 34.4 Å². The highest BCUT2D eigenvalue weighted by molar-refractivity contribution is 9.10. The highest BCUT2D eigenvalue weighted by Crippen LogP contribution is 2.23. The molecule has 1 aliphatic rings. The fourth-order valence-corrected chi connectivity index (χ4v) is 4.37. The Bertz CT molecular complexity index is 1020. The number of halogens is 1. The largest absolute Gasteiger partial charge is 0.480 e. The fraction of sp³-hybridized carbons (Fsp3) is 0.400. The number of anilines is 1. The molecule has 3 rings (SSSR count). The predicted molar refractivity (Wildman–Crippen MR) is 136 cm³/mol. The van der Waals surface area contributed by atoms with Crippen molar-refractivity contribution < 1.29 is 19.5 Å². The van der Waals surface area contributed by atoms with Gasteiger partial charge in [0.2, 0.25) is 0 Å². The van der Waals surface area contributed by atoms with Crippen molar-refractivity contribution in [1.29, 1.82) is 0 Å². The van der Waals surface area contributed by atoms with Crippen LogP contribution in [-0.2, 0) is 21.0 Å². The number of aliphatic carboxylic acids is 1. The summed E-state index contributed by atoms with van der Waals surface area (Å²) in [5.74, 6) is -0.596.